The van der Waals surface area contributed by atoms with Crippen LogP contribution in [0.15, 0.2) is 30.5 Å². The van der Waals surface area contributed by atoms with Gasteiger partial charge in [0.05, 0.1) is 56.5 Å². The van der Waals surface area contributed by atoms with E-state index < -0.39 is 47.3 Å². The summed E-state index contributed by atoms with van der Waals surface area (Å²) in [4.78, 5) is 43.2. The van der Waals surface area contributed by atoms with E-state index >= 15 is 8.78 Å². The number of imidazole rings is 1. The largest absolute Gasteiger partial charge is 0.465 e. The zero-order valence-corrected chi connectivity index (χ0v) is 22.7. The number of morpholine rings is 1. The maximum absolute atomic E-state index is 15.7. The molecule has 10 nitrogen and oxygen atoms in total. The van der Waals surface area contributed by atoms with E-state index in [1.165, 1.54) is 12.0 Å². The minimum absolute atomic E-state index is 0.0293. The number of hydrogen-bond acceptors (Lipinski definition) is 8. The van der Waals surface area contributed by atoms with Gasteiger partial charge in [-0.25, -0.2) is 18.6 Å². The van der Waals surface area contributed by atoms with Crippen molar-refractivity contribution in [3.63, 3.8) is 0 Å². The Balaban J connectivity index is 1.79. The summed E-state index contributed by atoms with van der Waals surface area (Å²) in [7, 11) is 1.29. The number of nitrogens with zero attached hydrogens (tertiary/aromatic N) is 3. The molecule has 0 radical (unpaired) electrons. The van der Waals surface area contributed by atoms with E-state index in [-0.39, 0.29) is 44.0 Å². The highest BCUT2D eigenvalue weighted by Crippen LogP contribution is 2.34. The van der Waals surface area contributed by atoms with Crippen molar-refractivity contribution in [1.82, 2.24) is 14.3 Å². The molecule has 0 unspecified atom stereocenters. The first-order valence-electron chi connectivity index (χ1n) is 12.9. The van der Waals surface area contributed by atoms with Crippen molar-refractivity contribution in [2.24, 2.45) is 0 Å². The molecule has 1 aliphatic rings. The third-order valence-corrected chi connectivity index (χ3v) is 6.55. The second-order valence-electron chi connectivity index (χ2n) is 9.25. The smallest absolute Gasteiger partial charge is 0.409 e. The van der Waals surface area contributed by atoms with Gasteiger partial charge < -0.3 is 28.2 Å². The summed E-state index contributed by atoms with van der Waals surface area (Å²) >= 11 is 0. The SMILES string of the molecule is CCOC(=O)C(C(=O)OCC)c1cc(F)c(-c2nc3cc(C)ccn3c2C[C@H]2CN(C(=O)OC)CCO2)c(F)c1. The average molecular weight is 560 g/mol. The normalized spacial score (nSPS) is 15.4. The number of rotatable bonds is 8. The summed E-state index contributed by atoms with van der Waals surface area (Å²) in [6.07, 6.45) is 0.948. The van der Waals surface area contributed by atoms with Crippen molar-refractivity contribution < 1.29 is 42.1 Å². The molecule has 40 heavy (non-hydrogen) atoms. The highest BCUT2D eigenvalue weighted by atomic mass is 19.1. The summed E-state index contributed by atoms with van der Waals surface area (Å²) in [6.45, 7) is 5.76. The summed E-state index contributed by atoms with van der Waals surface area (Å²) in [5, 5.41) is 0. The lowest BCUT2D eigenvalue weighted by atomic mass is 9.95. The second kappa shape index (κ2) is 12.4. The fraction of sp³-hybridized carbons (Fsp3) is 0.429. The Bertz CT molecular complexity index is 1380. The first-order chi connectivity index (χ1) is 19.2. The van der Waals surface area contributed by atoms with Crippen LogP contribution in [0.2, 0.25) is 0 Å². The van der Waals surface area contributed by atoms with E-state index in [1.54, 1.807) is 30.5 Å². The fourth-order valence-corrected chi connectivity index (χ4v) is 4.75. The molecule has 0 spiro atoms. The standard InChI is InChI=1S/C28H31F2N3O7/c1-5-38-26(34)23(27(35)39-6-2)17-12-19(29)24(20(30)13-17)25-21(33-8-7-16(3)11-22(33)31-25)14-18-15-32(9-10-40-18)28(36)37-4/h7-8,11-13,18,23H,5-6,9-10,14-15H2,1-4H3/t18-/m0/s1. The number of hydrogen-bond donors (Lipinski definition) is 0. The monoisotopic (exact) mass is 559 g/mol. The molecular formula is C28H31F2N3O7. The molecule has 4 rings (SSSR count). The van der Waals surface area contributed by atoms with Crippen LogP contribution in [0.1, 0.15) is 36.6 Å². The van der Waals surface area contributed by atoms with Gasteiger partial charge in [-0.05, 0) is 56.2 Å². The van der Waals surface area contributed by atoms with Crippen molar-refractivity contribution in [2.45, 2.75) is 39.2 Å². The van der Waals surface area contributed by atoms with Gasteiger partial charge in [0, 0.05) is 19.2 Å². The van der Waals surface area contributed by atoms with E-state index in [1.807, 2.05) is 13.0 Å². The predicted octanol–water partition coefficient (Wildman–Crippen LogP) is 3.81. The molecule has 1 amide bonds. The molecule has 0 aliphatic carbocycles. The van der Waals surface area contributed by atoms with Gasteiger partial charge in [-0.15, -0.1) is 0 Å². The maximum atomic E-state index is 15.7. The quantitative estimate of drug-likeness (QED) is 0.233. The Kier molecular flexibility index (Phi) is 8.98. The zero-order valence-electron chi connectivity index (χ0n) is 22.7. The number of benzene rings is 1. The number of esters is 2. The average Bonchev–Trinajstić information content (AvgIpc) is 3.24. The van der Waals surface area contributed by atoms with Crippen LogP contribution in [0.4, 0.5) is 13.6 Å². The van der Waals surface area contributed by atoms with Crippen LogP contribution in [-0.4, -0.2) is 78.4 Å². The predicted molar refractivity (Wildman–Crippen MR) is 139 cm³/mol. The number of halogens is 2. The van der Waals surface area contributed by atoms with Gasteiger partial charge in [0.2, 0.25) is 0 Å². The van der Waals surface area contributed by atoms with Crippen molar-refractivity contribution in [2.75, 3.05) is 40.0 Å². The minimum Gasteiger partial charge on any atom is -0.465 e. The second-order valence-corrected chi connectivity index (χ2v) is 9.25. The Morgan fingerprint density at radius 2 is 1.75 bits per heavy atom. The third kappa shape index (κ3) is 5.91. The van der Waals surface area contributed by atoms with Crippen molar-refractivity contribution in [1.29, 1.82) is 0 Å². The number of fused-ring (bicyclic) bond motifs is 1. The molecule has 0 saturated carbocycles. The molecule has 12 heteroatoms. The number of pyridine rings is 1. The van der Waals surface area contributed by atoms with E-state index in [0.717, 1.165) is 17.7 Å². The molecule has 1 aliphatic heterocycles. The topological polar surface area (TPSA) is 109 Å². The highest BCUT2D eigenvalue weighted by Gasteiger charge is 2.34. The van der Waals surface area contributed by atoms with Crippen LogP contribution in [0.3, 0.4) is 0 Å². The number of aryl methyl sites for hydroxylation is 1. The van der Waals surface area contributed by atoms with Crippen molar-refractivity contribution in [3.8, 4) is 11.3 Å². The van der Waals surface area contributed by atoms with Gasteiger partial charge in [0.25, 0.3) is 0 Å². The van der Waals surface area contributed by atoms with Gasteiger partial charge >= 0.3 is 18.0 Å². The lowest BCUT2D eigenvalue weighted by molar-refractivity contribution is -0.156. The third-order valence-electron chi connectivity index (χ3n) is 6.55. The van der Waals surface area contributed by atoms with Crippen molar-refractivity contribution in [3.05, 3.63) is 58.9 Å². The van der Waals surface area contributed by atoms with Crippen LogP contribution in [0, 0.1) is 18.6 Å². The molecule has 2 aromatic heterocycles. The lowest BCUT2D eigenvalue weighted by Gasteiger charge is -2.32. The molecule has 0 bridgehead atoms. The van der Waals surface area contributed by atoms with Crippen LogP contribution >= 0.6 is 0 Å². The first kappa shape index (κ1) is 28.9. The number of ether oxygens (including phenoxy) is 4. The van der Waals surface area contributed by atoms with Gasteiger partial charge in [-0.2, -0.15) is 0 Å². The Hall–Kier alpha value is -4.06. The Morgan fingerprint density at radius 1 is 1.10 bits per heavy atom. The zero-order chi connectivity index (χ0) is 29.0. The van der Waals surface area contributed by atoms with E-state index in [0.29, 0.717) is 17.9 Å². The molecular weight excluding hydrogens is 528 g/mol. The van der Waals surface area contributed by atoms with E-state index in [2.05, 4.69) is 4.98 Å². The minimum atomic E-state index is -1.65. The fourth-order valence-electron chi connectivity index (χ4n) is 4.75. The number of carbonyl (C=O) groups is 3. The van der Waals surface area contributed by atoms with Crippen molar-refractivity contribution >= 4 is 23.7 Å². The summed E-state index contributed by atoms with van der Waals surface area (Å²) in [5.74, 6) is -5.63. The van der Waals surface area contributed by atoms with Crippen LogP contribution in [0.25, 0.3) is 16.9 Å². The number of aromatic nitrogens is 2. The Labute approximate surface area is 229 Å². The number of methoxy groups -OCH3 is 1. The van der Waals surface area contributed by atoms with E-state index in [9.17, 15) is 14.4 Å². The molecule has 1 atom stereocenters. The van der Waals surface area contributed by atoms with Gasteiger partial charge in [-0.1, -0.05) is 0 Å². The van der Waals surface area contributed by atoms with E-state index in [4.69, 9.17) is 18.9 Å². The molecule has 1 fully saturated rings. The number of carbonyl (C=O) groups excluding carboxylic acids is 3. The summed E-state index contributed by atoms with van der Waals surface area (Å²) < 4.78 is 53.8. The molecule has 214 valence electrons. The van der Waals surface area contributed by atoms with Crippen LogP contribution < -0.4 is 0 Å². The number of amides is 1. The molecule has 1 aromatic carbocycles. The van der Waals surface area contributed by atoms with Gasteiger partial charge in [-0.3, -0.25) is 9.59 Å². The Morgan fingerprint density at radius 3 is 2.35 bits per heavy atom. The van der Waals surface area contributed by atoms with Crippen LogP contribution in [-0.2, 0) is 35.0 Å². The molecule has 1 saturated heterocycles. The summed E-state index contributed by atoms with van der Waals surface area (Å²) in [5.41, 5.74) is 1.20. The molecule has 3 heterocycles. The summed E-state index contributed by atoms with van der Waals surface area (Å²) in [6, 6.07) is 5.46. The van der Waals surface area contributed by atoms with Crippen LogP contribution in [0.5, 0.6) is 0 Å². The maximum Gasteiger partial charge on any atom is 0.409 e. The van der Waals surface area contributed by atoms with Gasteiger partial charge in [0.15, 0.2) is 5.92 Å². The lowest BCUT2D eigenvalue weighted by Crippen LogP contribution is -2.46. The molecule has 0 N–H and O–H groups in total. The van der Waals surface area contributed by atoms with Gasteiger partial charge in [0.1, 0.15) is 17.3 Å². The molecule has 3 aromatic rings. The highest BCUT2D eigenvalue weighted by molar-refractivity contribution is 6.01. The first-order valence-corrected chi connectivity index (χ1v) is 12.9.